The lowest BCUT2D eigenvalue weighted by Crippen LogP contribution is -2.25. The van der Waals surface area contributed by atoms with Crippen LogP contribution in [0.25, 0.3) is 0 Å². The molecule has 6 heteroatoms. The number of anilines is 1. The van der Waals surface area contributed by atoms with Crippen molar-refractivity contribution in [2.45, 2.75) is 0 Å². The SMILES string of the molecule is CNC(=O)Nc1cc(C(=O)O)ccc1F. The molecule has 0 unspecified atom stereocenters. The second-order valence-corrected chi connectivity index (χ2v) is 2.70. The van der Waals surface area contributed by atoms with Crippen molar-refractivity contribution in [1.82, 2.24) is 5.32 Å². The first kappa shape index (κ1) is 11.0. The van der Waals surface area contributed by atoms with Gasteiger partial charge in [-0.3, -0.25) is 0 Å². The normalized spacial score (nSPS) is 9.47. The molecule has 0 saturated carbocycles. The van der Waals surface area contributed by atoms with Gasteiger partial charge < -0.3 is 15.7 Å². The first-order chi connectivity index (χ1) is 7.04. The van der Waals surface area contributed by atoms with Crippen LogP contribution in [0.3, 0.4) is 0 Å². The Labute approximate surface area is 84.9 Å². The van der Waals surface area contributed by atoms with E-state index < -0.39 is 17.8 Å². The molecule has 0 heterocycles. The van der Waals surface area contributed by atoms with E-state index in [0.29, 0.717) is 0 Å². The number of aromatic carboxylic acids is 1. The maximum atomic E-state index is 13.1. The van der Waals surface area contributed by atoms with Gasteiger partial charge in [0, 0.05) is 7.05 Å². The minimum Gasteiger partial charge on any atom is -0.478 e. The number of carboxylic acids is 1. The molecular formula is C9H9FN2O3. The third kappa shape index (κ3) is 2.67. The summed E-state index contributed by atoms with van der Waals surface area (Å²) >= 11 is 0. The Morgan fingerprint density at radius 1 is 1.40 bits per heavy atom. The summed E-state index contributed by atoms with van der Waals surface area (Å²) in [5.74, 6) is -1.88. The van der Waals surface area contributed by atoms with E-state index in [1.54, 1.807) is 0 Å². The third-order valence-corrected chi connectivity index (χ3v) is 1.69. The van der Waals surface area contributed by atoms with Crippen LogP contribution < -0.4 is 10.6 Å². The van der Waals surface area contributed by atoms with Crippen molar-refractivity contribution in [2.24, 2.45) is 0 Å². The highest BCUT2D eigenvalue weighted by Gasteiger charge is 2.09. The summed E-state index contributed by atoms with van der Waals surface area (Å²) in [7, 11) is 1.37. The molecule has 0 radical (unpaired) electrons. The molecule has 0 aliphatic carbocycles. The minimum absolute atomic E-state index is 0.0946. The van der Waals surface area contributed by atoms with Crippen molar-refractivity contribution in [3.8, 4) is 0 Å². The second-order valence-electron chi connectivity index (χ2n) is 2.70. The summed E-state index contributed by atoms with van der Waals surface area (Å²) in [4.78, 5) is 21.4. The van der Waals surface area contributed by atoms with E-state index in [0.717, 1.165) is 18.2 Å². The largest absolute Gasteiger partial charge is 0.478 e. The molecule has 0 bridgehead atoms. The van der Waals surface area contributed by atoms with E-state index in [2.05, 4.69) is 10.6 Å². The lowest BCUT2D eigenvalue weighted by atomic mass is 10.2. The van der Waals surface area contributed by atoms with Gasteiger partial charge in [-0.1, -0.05) is 0 Å². The minimum atomic E-state index is -1.19. The average Bonchev–Trinajstić information content (AvgIpc) is 2.20. The van der Waals surface area contributed by atoms with Crippen LogP contribution in [0.4, 0.5) is 14.9 Å². The maximum absolute atomic E-state index is 13.1. The maximum Gasteiger partial charge on any atom is 0.335 e. The Morgan fingerprint density at radius 3 is 2.60 bits per heavy atom. The van der Waals surface area contributed by atoms with Crippen molar-refractivity contribution < 1.29 is 19.1 Å². The molecule has 3 N–H and O–H groups in total. The number of benzene rings is 1. The van der Waals surface area contributed by atoms with Gasteiger partial charge in [-0.05, 0) is 18.2 Å². The summed E-state index contributed by atoms with van der Waals surface area (Å²) in [6.45, 7) is 0. The second kappa shape index (κ2) is 4.41. The van der Waals surface area contributed by atoms with E-state index >= 15 is 0 Å². The number of halogens is 1. The van der Waals surface area contributed by atoms with Gasteiger partial charge in [0.25, 0.3) is 0 Å². The zero-order valence-corrected chi connectivity index (χ0v) is 7.87. The van der Waals surface area contributed by atoms with Crippen LogP contribution in [0.1, 0.15) is 10.4 Å². The number of amides is 2. The van der Waals surface area contributed by atoms with Gasteiger partial charge in [-0.25, -0.2) is 14.0 Å². The molecule has 2 amide bonds. The molecule has 1 rings (SSSR count). The fourth-order valence-corrected chi connectivity index (χ4v) is 0.939. The molecule has 0 atom stereocenters. The number of rotatable bonds is 2. The molecule has 0 aliphatic rings. The van der Waals surface area contributed by atoms with Gasteiger partial charge in [-0.15, -0.1) is 0 Å². The highest BCUT2D eigenvalue weighted by atomic mass is 19.1. The van der Waals surface area contributed by atoms with Crippen LogP contribution >= 0.6 is 0 Å². The fraction of sp³-hybridized carbons (Fsp3) is 0.111. The van der Waals surface area contributed by atoms with E-state index in [1.165, 1.54) is 7.05 Å². The summed E-state index contributed by atoms with van der Waals surface area (Å²) in [6, 6.07) is 2.53. The van der Waals surface area contributed by atoms with Crippen LogP contribution in [0.15, 0.2) is 18.2 Å². The number of carbonyl (C=O) groups is 2. The van der Waals surface area contributed by atoms with Gasteiger partial charge in [0.1, 0.15) is 5.82 Å². The van der Waals surface area contributed by atoms with Crippen LogP contribution in [0, 0.1) is 5.82 Å². The monoisotopic (exact) mass is 212 g/mol. The summed E-state index contributed by atoms with van der Waals surface area (Å²) in [5.41, 5.74) is -0.267. The predicted molar refractivity (Wildman–Crippen MR) is 51.4 cm³/mol. The Hall–Kier alpha value is -2.11. The molecular weight excluding hydrogens is 203 g/mol. The molecule has 0 saturated heterocycles. The van der Waals surface area contributed by atoms with Gasteiger partial charge in [0.05, 0.1) is 11.3 Å². The number of carbonyl (C=O) groups excluding carboxylic acids is 1. The quantitative estimate of drug-likeness (QED) is 0.690. The fourth-order valence-electron chi connectivity index (χ4n) is 0.939. The Morgan fingerprint density at radius 2 is 2.07 bits per heavy atom. The van der Waals surface area contributed by atoms with Gasteiger partial charge in [0.2, 0.25) is 0 Å². The van der Waals surface area contributed by atoms with Crippen molar-refractivity contribution in [1.29, 1.82) is 0 Å². The summed E-state index contributed by atoms with van der Waals surface area (Å²) in [5, 5.41) is 13.0. The lowest BCUT2D eigenvalue weighted by molar-refractivity contribution is 0.0697. The molecule has 80 valence electrons. The van der Waals surface area contributed by atoms with Crippen molar-refractivity contribution in [2.75, 3.05) is 12.4 Å². The first-order valence-corrected chi connectivity index (χ1v) is 4.06. The number of carboxylic acid groups (broad SMARTS) is 1. The average molecular weight is 212 g/mol. The van der Waals surface area contributed by atoms with E-state index in [-0.39, 0.29) is 11.3 Å². The smallest absolute Gasteiger partial charge is 0.335 e. The zero-order valence-electron chi connectivity index (χ0n) is 7.87. The van der Waals surface area contributed by atoms with Gasteiger partial charge >= 0.3 is 12.0 Å². The molecule has 1 aromatic carbocycles. The van der Waals surface area contributed by atoms with E-state index in [1.807, 2.05) is 0 Å². The van der Waals surface area contributed by atoms with Crippen LogP contribution in [-0.4, -0.2) is 24.2 Å². The summed E-state index contributed by atoms with van der Waals surface area (Å²) < 4.78 is 13.1. The third-order valence-electron chi connectivity index (χ3n) is 1.69. The molecule has 0 fully saturated rings. The highest BCUT2D eigenvalue weighted by Crippen LogP contribution is 2.15. The van der Waals surface area contributed by atoms with Crippen molar-refractivity contribution in [3.63, 3.8) is 0 Å². The van der Waals surface area contributed by atoms with Gasteiger partial charge in [-0.2, -0.15) is 0 Å². The highest BCUT2D eigenvalue weighted by molar-refractivity contribution is 5.93. The Balaban J connectivity index is 3.00. The van der Waals surface area contributed by atoms with Crippen LogP contribution in [-0.2, 0) is 0 Å². The van der Waals surface area contributed by atoms with Crippen LogP contribution in [0.5, 0.6) is 0 Å². The number of nitrogens with one attached hydrogen (secondary N) is 2. The Kier molecular flexibility index (Phi) is 3.22. The molecule has 0 aliphatic heterocycles. The summed E-state index contributed by atoms with van der Waals surface area (Å²) in [6.07, 6.45) is 0. The molecule has 1 aromatic rings. The Bertz CT molecular complexity index is 406. The first-order valence-electron chi connectivity index (χ1n) is 4.06. The van der Waals surface area contributed by atoms with Crippen LogP contribution in [0.2, 0.25) is 0 Å². The van der Waals surface area contributed by atoms with E-state index in [9.17, 15) is 14.0 Å². The van der Waals surface area contributed by atoms with E-state index in [4.69, 9.17) is 5.11 Å². The number of urea groups is 1. The van der Waals surface area contributed by atoms with Crippen molar-refractivity contribution in [3.05, 3.63) is 29.6 Å². The molecule has 15 heavy (non-hydrogen) atoms. The van der Waals surface area contributed by atoms with Gasteiger partial charge in [0.15, 0.2) is 0 Å². The lowest BCUT2D eigenvalue weighted by Gasteiger charge is -2.06. The number of hydrogen-bond donors (Lipinski definition) is 3. The zero-order chi connectivity index (χ0) is 11.4. The predicted octanol–water partition coefficient (Wildman–Crippen LogP) is 1.28. The topological polar surface area (TPSA) is 78.4 Å². The molecule has 5 nitrogen and oxygen atoms in total. The molecule has 0 aromatic heterocycles. The van der Waals surface area contributed by atoms with Crippen molar-refractivity contribution >= 4 is 17.7 Å². The number of hydrogen-bond acceptors (Lipinski definition) is 2. The molecule has 0 spiro atoms. The standard InChI is InChI=1S/C9H9FN2O3/c1-11-9(15)12-7-4-5(8(13)14)2-3-6(7)10/h2-4H,1H3,(H,13,14)(H2,11,12,15).